The number of anilines is 1. The van der Waals surface area contributed by atoms with E-state index in [0.29, 0.717) is 5.69 Å². The topological polar surface area (TPSA) is 29.1 Å². The first kappa shape index (κ1) is 13.1. The lowest BCUT2D eigenvalue weighted by molar-refractivity contribution is 0.100. The largest absolute Gasteiger partial charge is 0.377 e. The predicted octanol–water partition coefficient (Wildman–Crippen LogP) is 3.40. The van der Waals surface area contributed by atoms with Crippen LogP contribution in [0, 0.1) is 17.5 Å². The molecule has 2 aromatic carbocycles. The Kier molecular flexibility index (Phi) is 3.85. The van der Waals surface area contributed by atoms with E-state index in [2.05, 4.69) is 5.32 Å². The molecular formula is C14H10F3NO. The molecule has 0 saturated heterocycles. The summed E-state index contributed by atoms with van der Waals surface area (Å²) in [6.45, 7) is -0.246. The Hall–Kier alpha value is -2.30. The van der Waals surface area contributed by atoms with Crippen LogP contribution in [0.2, 0.25) is 0 Å². The summed E-state index contributed by atoms with van der Waals surface area (Å²) in [5.41, 5.74) is 0.0639. The molecule has 0 fully saturated rings. The molecule has 2 rings (SSSR count). The van der Waals surface area contributed by atoms with Gasteiger partial charge in [0.15, 0.2) is 5.78 Å². The molecule has 0 aliphatic heterocycles. The number of carbonyl (C=O) groups is 1. The summed E-state index contributed by atoms with van der Waals surface area (Å²) in [6.07, 6.45) is 0. The molecule has 0 aliphatic rings. The number of hydrogen-bond acceptors (Lipinski definition) is 2. The first-order valence-electron chi connectivity index (χ1n) is 5.54. The highest BCUT2D eigenvalue weighted by Crippen LogP contribution is 2.12. The molecule has 0 amide bonds. The quantitative estimate of drug-likeness (QED) is 0.858. The number of halogens is 3. The maximum absolute atomic E-state index is 13.3. The van der Waals surface area contributed by atoms with Crippen molar-refractivity contribution in [2.24, 2.45) is 0 Å². The van der Waals surface area contributed by atoms with Gasteiger partial charge in [-0.25, -0.2) is 13.2 Å². The van der Waals surface area contributed by atoms with E-state index >= 15 is 0 Å². The summed E-state index contributed by atoms with van der Waals surface area (Å²) in [4.78, 5) is 11.7. The number of carbonyl (C=O) groups excluding carboxylic acids is 1. The zero-order valence-electron chi connectivity index (χ0n) is 9.79. The van der Waals surface area contributed by atoms with Gasteiger partial charge >= 0.3 is 0 Å². The molecule has 98 valence electrons. The molecular weight excluding hydrogens is 255 g/mol. The van der Waals surface area contributed by atoms with Crippen LogP contribution in [0.4, 0.5) is 18.9 Å². The summed E-state index contributed by atoms with van der Waals surface area (Å²) in [5.74, 6) is -2.53. The smallest absolute Gasteiger partial charge is 0.184 e. The van der Waals surface area contributed by atoms with Crippen molar-refractivity contribution in [3.8, 4) is 0 Å². The Labute approximate surface area is 107 Å². The molecule has 0 unspecified atom stereocenters. The van der Waals surface area contributed by atoms with Crippen molar-refractivity contribution >= 4 is 11.5 Å². The van der Waals surface area contributed by atoms with Crippen molar-refractivity contribution < 1.29 is 18.0 Å². The normalized spacial score (nSPS) is 10.3. The minimum atomic E-state index is -0.785. The van der Waals surface area contributed by atoms with Gasteiger partial charge in [-0.15, -0.1) is 0 Å². The number of Topliss-reactive ketones (excluding diaryl/α,β-unsaturated/α-hetero) is 1. The molecule has 0 bridgehead atoms. The van der Waals surface area contributed by atoms with Crippen molar-refractivity contribution in [2.75, 3.05) is 11.9 Å². The molecule has 2 aromatic rings. The third-order valence-electron chi connectivity index (χ3n) is 2.51. The summed E-state index contributed by atoms with van der Waals surface area (Å²) >= 11 is 0. The lowest BCUT2D eigenvalue weighted by Crippen LogP contribution is -2.15. The van der Waals surface area contributed by atoms with Crippen LogP contribution in [0.3, 0.4) is 0 Å². The predicted molar refractivity (Wildman–Crippen MR) is 65.6 cm³/mol. The van der Waals surface area contributed by atoms with Gasteiger partial charge in [0.25, 0.3) is 0 Å². The second-order valence-electron chi connectivity index (χ2n) is 3.91. The van der Waals surface area contributed by atoms with E-state index in [1.54, 1.807) is 6.07 Å². The summed E-state index contributed by atoms with van der Waals surface area (Å²) in [6, 6.07) is 8.18. The highest BCUT2D eigenvalue weighted by atomic mass is 19.1. The molecule has 0 radical (unpaired) electrons. The van der Waals surface area contributed by atoms with Gasteiger partial charge in [0.2, 0.25) is 0 Å². The molecule has 5 heteroatoms. The van der Waals surface area contributed by atoms with Crippen LogP contribution in [0.5, 0.6) is 0 Å². The van der Waals surface area contributed by atoms with Crippen molar-refractivity contribution in [1.82, 2.24) is 0 Å². The van der Waals surface area contributed by atoms with E-state index in [0.717, 1.165) is 18.2 Å². The lowest BCUT2D eigenvalue weighted by atomic mass is 10.1. The number of rotatable bonds is 4. The average Bonchev–Trinajstić information content (AvgIpc) is 2.39. The first-order chi connectivity index (χ1) is 9.06. The van der Waals surface area contributed by atoms with Crippen LogP contribution in [-0.4, -0.2) is 12.3 Å². The van der Waals surface area contributed by atoms with Crippen LogP contribution in [0.1, 0.15) is 10.4 Å². The zero-order valence-corrected chi connectivity index (χ0v) is 9.79. The zero-order chi connectivity index (χ0) is 13.8. The summed E-state index contributed by atoms with van der Waals surface area (Å²) < 4.78 is 39.2. The Morgan fingerprint density at radius 1 is 1.00 bits per heavy atom. The van der Waals surface area contributed by atoms with Gasteiger partial charge in [0, 0.05) is 5.69 Å². The maximum Gasteiger partial charge on any atom is 0.184 e. The molecule has 0 aliphatic carbocycles. The molecule has 2 nitrogen and oxygen atoms in total. The fourth-order valence-corrected chi connectivity index (χ4v) is 1.59. The Balaban J connectivity index is 2.07. The highest BCUT2D eigenvalue weighted by molar-refractivity contribution is 5.99. The fourth-order valence-electron chi connectivity index (χ4n) is 1.59. The van der Waals surface area contributed by atoms with Gasteiger partial charge in [0.1, 0.15) is 17.5 Å². The number of benzene rings is 2. The van der Waals surface area contributed by atoms with Crippen LogP contribution >= 0.6 is 0 Å². The van der Waals surface area contributed by atoms with Crippen molar-refractivity contribution in [2.45, 2.75) is 0 Å². The van der Waals surface area contributed by atoms with Crippen LogP contribution < -0.4 is 5.32 Å². The summed E-state index contributed by atoms with van der Waals surface area (Å²) in [7, 11) is 0. The van der Waals surface area contributed by atoms with Crippen LogP contribution in [-0.2, 0) is 0 Å². The van der Waals surface area contributed by atoms with E-state index < -0.39 is 23.2 Å². The minimum absolute atomic E-state index is 0.246. The highest BCUT2D eigenvalue weighted by Gasteiger charge is 2.12. The van der Waals surface area contributed by atoms with E-state index in [-0.39, 0.29) is 12.1 Å². The second kappa shape index (κ2) is 5.56. The van der Waals surface area contributed by atoms with E-state index in [4.69, 9.17) is 0 Å². The van der Waals surface area contributed by atoms with Crippen molar-refractivity contribution in [3.05, 3.63) is 65.5 Å². The number of nitrogens with one attached hydrogen (secondary N) is 1. The molecule has 0 atom stereocenters. The van der Waals surface area contributed by atoms with Gasteiger partial charge in [-0.3, -0.25) is 4.79 Å². The van der Waals surface area contributed by atoms with Gasteiger partial charge < -0.3 is 5.32 Å². The first-order valence-corrected chi connectivity index (χ1v) is 5.54. The van der Waals surface area contributed by atoms with Crippen LogP contribution in [0.25, 0.3) is 0 Å². The second-order valence-corrected chi connectivity index (χ2v) is 3.91. The Morgan fingerprint density at radius 3 is 2.47 bits per heavy atom. The molecule has 0 aromatic heterocycles. The molecule has 0 heterocycles. The van der Waals surface area contributed by atoms with Crippen molar-refractivity contribution in [1.29, 1.82) is 0 Å². The van der Waals surface area contributed by atoms with Gasteiger partial charge in [0.05, 0.1) is 12.1 Å². The molecule has 0 saturated carbocycles. The Morgan fingerprint density at radius 2 is 1.74 bits per heavy atom. The summed E-state index contributed by atoms with van der Waals surface area (Å²) in [5, 5.41) is 2.65. The maximum atomic E-state index is 13.3. The van der Waals surface area contributed by atoms with Crippen LogP contribution in [0.15, 0.2) is 42.5 Å². The van der Waals surface area contributed by atoms with E-state index in [1.165, 1.54) is 18.2 Å². The third kappa shape index (κ3) is 3.34. The monoisotopic (exact) mass is 265 g/mol. The average molecular weight is 265 g/mol. The molecule has 0 spiro atoms. The van der Waals surface area contributed by atoms with Crippen molar-refractivity contribution in [3.63, 3.8) is 0 Å². The SMILES string of the molecule is O=C(CNc1cccc(F)c1)c1cc(F)ccc1F. The lowest BCUT2D eigenvalue weighted by Gasteiger charge is -2.06. The van der Waals surface area contributed by atoms with Gasteiger partial charge in [-0.2, -0.15) is 0 Å². The van der Waals surface area contributed by atoms with E-state index in [9.17, 15) is 18.0 Å². The molecule has 1 N–H and O–H groups in total. The third-order valence-corrected chi connectivity index (χ3v) is 2.51. The van der Waals surface area contributed by atoms with Gasteiger partial charge in [-0.1, -0.05) is 6.07 Å². The fraction of sp³-hybridized carbons (Fsp3) is 0.0714. The minimum Gasteiger partial charge on any atom is -0.377 e. The standard InChI is InChI=1S/C14H10F3NO/c15-9-2-1-3-11(6-9)18-8-14(19)12-7-10(16)4-5-13(12)17/h1-7,18H,8H2. The molecule has 19 heavy (non-hydrogen) atoms. The van der Waals surface area contributed by atoms with E-state index in [1.807, 2.05) is 0 Å². The number of hydrogen-bond donors (Lipinski definition) is 1. The van der Waals surface area contributed by atoms with Gasteiger partial charge in [-0.05, 0) is 36.4 Å². The number of ketones is 1. The Bertz CT molecular complexity index is 613.